The highest BCUT2D eigenvalue weighted by Gasteiger charge is 2.28. The average molecular weight is 341 g/mol. The number of fused-ring (bicyclic) bond motifs is 1. The molecule has 0 aliphatic rings. The number of aliphatic hydroxyl groups excluding tert-OH is 1. The monoisotopic (exact) mass is 341 g/mol. The van der Waals surface area contributed by atoms with E-state index in [1.807, 2.05) is 48.5 Å². The summed E-state index contributed by atoms with van der Waals surface area (Å²) in [6, 6.07) is 26.7. The fraction of sp³-hybridized carbons (Fsp3) is 0.167. The summed E-state index contributed by atoms with van der Waals surface area (Å²) in [5.41, 5.74) is 6.67. The van der Waals surface area contributed by atoms with Crippen molar-refractivity contribution in [3.63, 3.8) is 0 Å². The van der Waals surface area contributed by atoms with E-state index in [0.29, 0.717) is 0 Å². The van der Waals surface area contributed by atoms with Crippen LogP contribution in [0.25, 0.3) is 10.9 Å². The standard InChI is InChI=1S/C24H23NO/c1-16-13-14-21-20(15-16)22(17(2)25-21)23(18-9-5-3-6-10-18)24(26)19-11-7-4-8-12-19/h3-15,23-26H,1-2H3/t23-,24+/m1/s1. The molecule has 0 spiro atoms. The molecule has 0 saturated heterocycles. The molecule has 0 saturated carbocycles. The molecule has 0 bridgehead atoms. The van der Waals surface area contributed by atoms with Crippen LogP contribution in [0.2, 0.25) is 0 Å². The zero-order valence-electron chi connectivity index (χ0n) is 15.1. The van der Waals surface area contributed by atoms with Crippen LogP contribution in [0.5, 0.6) is 0 Å². The first kappa shape index (κ1) is 16.6. The van der Waals surface area contributed by atoms with E-state index < -0.39 is 6.10 Å². The molecule has 130 valence electrons. The zero-order chi connectivity index (χ0) is 18.1. The van der Waals surface area contributed by atoms with Crippen LogP contribution in [0.4, 0.5) is 0 Å². The fourth-order valence-corrected chi connectivity index (χ4v) is 3.87. The molecule has 0 amide bonds. The molecule has 1 aromatic heterocycles. The molecule has 2 atom stereocenters. The minimum atomic E-state index is -0.614. The van der Waals surface area contributed by atoms with E-state index in [4.69, 9.17) is 0 Å². The van der Waals surface area contributed by atoms with Crippen molar-refractivity contribution in [2.45, 2.75) is 25.9 Å². The number of nitrogens with one attached hydrogen (secondary N) is 1. The summed E-state index contributed by atoms with van der Waals surface area (Å²) >= 11 is 0. The van der Waals surface area contributed by atoms with Crippen LogP contribution >= 0.6 is 0 Å². The molecule has 2 heteroatoms. The van der Waals surface area contributed by atoms with E-state index in [9.17, 15) is 5.11 Å². The van der Waals surface area contributed by atoms with Crippen molar-refractivity contribution in [2.75, 3.05) is 0 Å². The highest BCUT2D eigenvalue weighted by Crippen LogP contribution is 2.41. The summed E-state index contributed by atoms with van der Waals surface area (Å²) in [5, 5.41) is 12.5. The van der Waals surface area contributed by atoms with Gasteiger partial charge in [-0.2, -0.15) is 0 Å². The molecule has 0 unspecified atom stereocenters. The largest absolute Gasteiger partial charge is 0.387 e. The molecule has 2 nitrogen and oxygen atoms in total. The van der Waals surface area contributed by atoms with Crippen molar-refractivity contribution >= 4 is 10.9 Å². The molecular formula is C24H23NO. The Morgan fingerprint density at radius 3 is 2.04 bits per heavy atom. The normalized spacial score (nSPS) is 13.7. The summed E-state index contributed by atoms with van der Waals surface area (Å²) in [6.07, 6.45) is -0.614. The van der Waals surface area contributed by atoms with Gasteiger partial charge in [0.1, 0.15) is 0 Å². The Balaban J connectivity index is 1.95. The maximum absolute atomic E-state index is 11.3. The van der Waals surface area contributed by atoms with Gasteiger partial charge in [-0.25, -0.2) is 0 Å². The van der Waals surface area contributed by atoms with Crippen LogP contribution in [0.1, 0.15) is 40.0 Å². The molecule has 4 aromatic rings. The highest BCUT2D eigenvalue weighted by molar-refractivity contribution is 5.86. The summed E-state index contributed by atoms with van der Waals surface area (Å²) in [4.78, 5) is 3.50. The second kappa shape index (κ2) is 6.81. The number of aromatic nitrogens is 1. The number of benzene rings is 3. The van der Waals surface area contributed by atoms with E-state index in [-0.39, 0.29) is 5.92 Å². The smallest absolute Gasteiger partial charge is 0.0900 e. The number of aliphatic hydroxyl groups is 1. The third-order valence-electron chi connectivity index (χ3n) is 5.12. The topological polar surface area (TPSA) is 36.0 Å². The van der Waals surface area contributed by atoms with Crippen LogP contribution in [0.15, 0.2) is 78.9 Å². The summed E-state index contributed by atoms with van der Waals surface area (Å²) in [5.74, 6) is -0.130. The molecule has 0 fully saturated rings. The van der Waals surface area contributed by atoms with E-state index in [2.05, 4.69) is 49.2 Å². The maximum atomic E-state index is 11.3. The minimum Gasteiger partial charge on any atom is -0.387 e. The molecular weight excluding hydrogens is 318 g/mol. The van der Waals surface area contributed by atoms with Gasteiger partial charge in [0.15, 0.2) is 0 Å². The minimum absolute atomic E-state index is 0.130. The summed E-state index contributed by atoms with van der Waals surface area (Å²) < 4.78 is 0. The first-order valence-electron chi connectivity index (χ1n) is 9.02. The van der Waals surface area contributed by atoms with Gasteiger partial charge in [0.2, 0.25) is 0 Å². The first-order valence-corrected chi connectivity index (χ1v) is 9.02. The molecule has 0 aliphatic carbocycles. The summed E-state index contributed by atoms with van der Waals surface area (Å²) in [6.45, 7) is 4.20. The van der Waals surface area contributed by atoms with Gasteiger partial charge < -0.3 is 10.1 Å². The van der Waals surface area contributed by atoms with Crippen molar-refractivity contribution in [3.05, 3.63) is 107 Å². The van der Waals surface area contributed by atoms with Crippen LogP contribution < -0.4 is 0 Å². The van der Waals surface area contributed by atoms with Crippen LogP contribution in [0.3, 0.4) is 0 Å². The quantitative estimate of drug-likeness (QED) is 0.494. The number of hydrogen-bond acceptors (Lipinski definition) is 1. The van der Waals surface area contributed by atoms with Gasteiger partial charge in [0, 0.05) is 22.5 Å². The Hall–Kier alpha value is -2.84. The van der Waals surface area contributed by atoms with E-state index >= 15 is 0 Å². The predicted octanol–water partition coefficient (Wildman–Crippen LogP) is 5.65. The number of aromatic amines is 1. The summed E-state index contributed by atoms with van der Waals surface area (Å²) in [7, 11) is 0. The lowest BCUT2D eigenvalue weighted by atomic mass is 9.82. The van der Waals surface area contributed by atoms with Gasteiger partial charge in [-0.1, -0.05) is 72.3 Å². The van der Waals surface area contributed by atoms with Gasteiger partial charge in [-0.15, -0.1) is 0 Å². The van der Waals surface area contributed by atoms with Crippen LogP contribution in [-0.2, 0) is 0 Å². The third-order valence-corrected chi connectivity index (χ3v) is 5.12. The molecule has 3 aromatic carbocycles. The first-order chi connectivity index (χ1) is 12.6. The highest BCUT2D eigenvalue weighted by atomic mass is 16.3. The molecule has 0 radical (unpaired) electrons. The second-order valence-corrected chi connectivity index (χ2v) is 6.96. The number of H-pyrrole nitrogens is 1. The van der Waals surface area contributed by atoms with Crippen LogP contribution in [0, 0.1) is 13.8 Å². The van der Waals surface area contributed by atoms with Gasteiger partial charge in [-0.3, -0.25) is 0 Å². The SMILES string of the molecule is Cc1ccc2[nH]c(C)c([C@@H](c3ccccc3)[C@@H](O)c3ccccc3)c2c1. The molecule has 1 heterocycles. The third kappa shape index (κ3) is 2.93. The Morgan fingerprint density at radius 1 is 0.769 bits per heavy atom. The zero-order valence-corrected chi connectivity index (χ0v) is 15.1. The van der Waals surface area contributed by atoms with Crippen molar-refractivity contribution in [2.24, 2.45) is 0 Å². The molecule has 4 rings (SSSR count). The number of rotatable bonds is 4. The molecule has 2 N–H and O–H groups in total. The Morgan fingerprint density at radius 2 is 1.38 bits per heavy atom. The second-order valence-electron chi connectivity index (χ2n) is 6.96. The predicted molar refractivity (Wildman–Crippen MR) is 107 cm³/mol. The van der Waals surface area contributed by atoms with E-state index in [1.54, 1.807) is 0 Å². The van der Waals surface area contributed by atoms with Gasteiger partial charge in [0.25, 0.3) is 0 Å². The Kier molecular flexibility index (Phi) is 4.36. The lowest BCUT2D eigenvalue weighted by molar-refractivity contribution is 0.159. The van der Waals surface area contributed by atoms with Gasteiger partial charge in [-0.05, 0) is 42.7 Å². The number of aryl methyl sites for hydroxylation is 2. The Labute approximate surface area is 154 Å². The number of hydrogen-bond donors (Lipinski definition) is 2. The van der Waals surface area contributed by atoms with E-state index in [1.165, 1.54) is 16.5 Å². The van der Waals surface area contributed by atoms with Gasteiger partial charge >= 0.3 is 0 Å². The van der Waals surface area contributed by atoms with Crippen molar-refractivity contribution in [1.29, 1.82) is 0 Å². The maximum Gasteiger partial charge on any atom is 0.0900 e. The molecule has 0 aliphatic heterocycles. The van der Waals surface area contributed by atoms with Crippen LogP contribution in [-0.4, -0.2) is 10.1 Å². The van der Waals surface area contributed by atoms with Crippen molar-refractivity contribution < 1.29 is 5.11 Å². The fourth-order valence-electron chi connectivity index (χ4n) is 3.87. The van der Waals surface area contributed by atoms with E-state index in [0.717, 1.165) is 22.3 Å². The van der Waals surface area contributed by atoms with Gasteiger partial charge in [0.05, 0.1) is 6.10 Å². The lowest BCUT2D eigenvalue weighted by Crippen LogP contribution is -2.13. The average Bonchev–Trinajstić information content (AvgIpc) is 2.99. The van der Waals surface area contributed by atoms with Crippen molar-refractivity contribution in [1.82, 2.24) is 4.98 Å². The molecule has 26 heavy (non-hydrogen) atoms. The lowest BCUT2D eigenvalue weighted by Gasteiger charge is -2.25. The Bertz CT molecular complexity index is 1020. The van der Waals surface area contributed by atoms with Crippen molar-refractivity contribution in [3.8, 4) is 0 Å².